The largest absolute Gasteiger partial charge is 0.480 e. The van der Waals surface area contributed by atoms with Crippen LogP contribution in [0.1, 0.15) is 26.0 Å². The molecule has 5 nitrogen and oxygen atoms in total. The number of halogens is 1. The molecule has 1 aromatic heterocycles. The summed E-state index contributed by atoms with van der Waals surface area (Å²) >= 11 is 7.39. The number of carboxylic acids is 1. The zero-order valence-corrected chi connectivity index (χ0v) is 15.0. The average molecular weight is 367 g/mol. The van der Waals surface area contributed by atoms with Gasteiger partial charge in [-0.2, -0.15) is 0 Å². The highest BCUT2D eigenvalue weighted by atomic mass is 35.5. The Labute approximate surface area is 149 Å². The second-order valence-corrected chi connectivity index (χ2v) is 7.21. The van der Waals surface area contributed by atoms with Crippen LogP contribution in [0.2, 0.25) is 5.02 Å². The van der Waals surface area contributed by atoms with E-state index in [4.69, 9.17) is 11.6 Å². The molecule has 1 aromatic carbocycles. The molecule has 0 aliphatic carbocycles. The van der Waals surface area contributed by atoms with Crippen molar-refractivity contribution in [3.8, 4) is 10.6 Å². The first-order valence-electron chi connectivity index (χ1n) is 7.57. The third-order valence-electron chi connectivity index (χ3n) is 3.31. The lowest BCUT2D eigenvalue weighted by Crippen LogP contribution is -2.42. The Morgan fingerprint density at radius 1 is 1.38 bits per heavy atom. The molecular weight excluding hydrogens is 348 g/mol. The number of carboxylic acid groups (broad SMARTS) is 1. The third kappa shape index (κ3) is 5.32. The molecule has 2 rings (SSSR count). The van der Waals surface area contributed by atoms with Gasteiger partial charge in [-0.25, -0.2) is 9.78 Å². The molecule has 0 fully saturated rings. The van der Waals surface area contributed by atoms with Crippen LogP contribution in [-0.2, 0) is 16.0 Å². The number of aromatic nitrogens is 1. The number of hydrogen-bond acceptors (Lipinski definition) is 4. The van der Waals surface area contributed by atoms with Gasteiger partial charge >= 0.3 is 5.97 Å². The maximum Gasteiger partial charge on any atom is 0.326 e. The standard InChI is InChI=1S/C17H19ClN2O3S/c1-10(2)6-14(17(22)23)20-15(21)8-13-9-24-16(19-13)11-4-3-5-12(18)7-11/h3-5,7,9-10,14H,6,8H2,1-2H3,(H,20,21)(H,22,23)/t14-/m0/s1. The highest BCUT2D eigenvalue weighted by Gasteiger charge is 2.21. The van der Waals surface area contributed by atoms with Gasteiger partial charge in [0, 0.05) is 16.0 Å². The first-order valence-corrected chi connectivity index (χ1v) is 8.83. The Morgan fingerprint density at radius 2 is 2.12 bits per heavy atom. The molecule has 0 bridgehead atoms. The summed E-state index contributed by atoms with van der Waals surface area (Å²) in [6.07, 6.45) is 0.449. The van der Waals surface area contributed by atoms with Gasteiger partial charge in [0.1, 0.15) is 11.0 Å². The van der Waals surface area contributed by atoms with Crippen LogP contribution in [0.4, 0.5) is 0 Å². The summed E-state index contributed by atoms with van der Waals surface area (Å²) in [7, 11) is 0. The molecule has 2 N–H and O–H groups in total. The molecule has 1 heterocycles. The van der Waals surface area contributed by atoms with Gasteiger partial charge in [-0.15, -0.1) is 11.3 Å². The molecule has 0 unspecified atom stereocenters. The molecule has 0 saturated carbocycles. The minimum absolute atomic E-state index is 0.0545. The predicted octanol–water partition coefficient (Wildman–Crippen LogP) is 3.62. The number of rotatable bonds is 7. The van der Waals surface area contributed by atoms with Gasteiger partial charge in [-0.1, -0.05) is 37.6 Å². The molecule has 1 amide bonds. The van der Waals surface area contributed by atoms with Crippen molar-refractivity contribution in [1.82, 2.24) is 10.3 Å². The molecule has 0 saturated heterocycles. The van der Waals surface area contributed by atoms with Gasteiger partial charge in [0.05, 0.1) is 12.1 Å². The normalized spacial score (nSPS) is 12.2. The van der Waals surface area contributed by atoms with Gasteiger partial charge < -0.3 is 10.4 Å². The van der Waals surface area contributed by atoms with Crippen LogP contribution < -0.4 is 5.32 Å². The van der Waals surface area contributed by atoms with Crippen molar-refractivity contribution in [2.45, 2.75) is 32.7 Å². The topological polar surface area (TPSA) is 79.3 Å². The second-order valence-electron chi connectivity index (χ2n) is 5.92. The van der Waals surface area contributed by atoms with Gasteiger partial charge in [0.15, 0.2) is 0 Å². The first kappa shape index (κ1) is 18.4. The van der Waals surface area contributed by atoms with Crippen LogP contribution in [0, 0.1) is 5.92 Å². The Kier molecular flexibility index (Phi) is 6.34. The summed E-state index contributed by atoms with van der Waals surface area (Å²) in [4.78, 5) is 27.7. The van der Waals surface area contributed by atoms with E-state index in [0.717, 1.165) is 10.6 Å². The van der Waals surface area contributed by atoms with Crippen molar-refractivity contribution in [3.05, 3.63) is 40.4 Å². The summed E-state index contributed by atoms with van der Waals surface area (Å²) in [5.74, 6) is -1.18. The van der Waals surface area contributed by atoms with Crippen molar-refractivity contribution >= 4 is 34.8 Å². The second kappa shape index (κ2) is 8.26. The summed E-state index contributed by atoms with van der Waals surface area (Å²) in [6.45, 7) is 3.83. The van der Waals surface area contributed by atoms with Crippen molar-refractivity contribution in [3.63, 3.8) is 0 Å². The number of nitrogens with zero attached hydrogens (tertiary/aromatic N) is 1. The molecule has 128 valence electrons. The number of benzene rings is 1. The van der Waals surface area contributed by atoms with E-state index in [1.807, 2.05) is 32.0 Å². The van der Waals surface area contributed by atoms with Crippen molar-refractivity contribution in [1.29, 1.82) is 0 Å². The minimum Gasteiger partial charge on any atom is -0.480 e. The Hall–Kier alpha value is -1.92. The number of carbonyl (C=O) groups is 2. The quantitative estimate of drug-likeness (QED) is 0.784. The Morgan fingerprint density at radius 3 is 2.75 bits per heavy atom. The zero-order valence-electron chi connectivity index (χ0n) is 13.5. The monoisotopic (exact) mass is 366 g/mol. The van der Waals surface area contributed by atoms with Crippen molar-refractivity contribution < 1.29 is 14.7 Å². The summed E-state index contributed by atoms with van der Waals surface area (Å²) < 4.78 is 0. The van der Waals surface area contributed by atoms with E-state index in [1.165, 1.54) is 11.3 Å². The fraction of sp³-hybridized carbons (Fsp3) is 0.353. The maximum atomic E-state index is 12.1. The number of nitrogens with one attached hydrogen (secondary N) is 1. The third-order valence-corrected chi connectivity index (χ3v) is 4.48. The number of thiazole rings is 1. The van der Waals surface area contributed by atoms with E-state index in [2.05, 4.69) is 10.3 Å². The van der Waals surface area contributed by atoms with Crippen molar-refractivity contribution in [2.75, 3.05) is 0 Å². The van der Waals surface area contributed by atoms with Gasteiger partial charge in [-0.05, 0) is 24.5 Å². The lowest BCUT2D eigenvalue weighted by molar-refractivity contribution is -0.142. The smallest absolute Gasteiger partial charge is 0.326 e. The van der Waals surface area contributed by atoms with Crippen LogP contribution in [-0.4, -0.2) is 28.0 Å². The zero-order chi connectivity index (χ0) is 17.7. The lowest BCUT2D eigenvalue weighted by Gasteiger charge is -2.16. The molecular formula is C17H19ClN2O3S. The summed E-state index contributed by atoms with van der Waals surface area (Å²) in [5, 5.41) is 14.9. The van der Waals surface area contributed by atoms with Gasteiger partial charge in [0.2, 0.25) is 5.91 Å². The van der Waals surface area contributed by atoms with Crippen LogP contribution in [0.5, 0.6) is 0 Å². The minimum atomic E-state index is -1.02. The number of hydrogen-bond donors (Lipinski definition) is 2. The SMILES string of the molecule is CC(C)C[C@H](NC(=O)Cc1csc(-c2cccc(Cl)c2)n1)C(=O)O. The molecule has 2 aromatic rings. The van der Waals surface area contributed by atoms with E-state index in [-0.39, 0.29) is 18.2 Å². The first-order chi connectivity index (χ1) is 11.3. The van der Waals surface area contributed by atoms with Crippen LogP contribution >= 0.6 is 22.9 Å². The molecule has 7 heteroatoms. The van der Waals surface area contributed by atoms with Crippen LogP contribution in [0.3, 0.4) is 0 Å². The number of carbonyl (C=O) groups excluding carboxylic acids is 1. The molecule has 0 spiro atoms. The highest BCUT2D eigenvalue weighted by Crippen LogP contribution is 2.26. The summed E-state index contributed by atoms with van der Waals surface area (Å²) in [5.41, 5.74) is 1.50. The number of aliphatic carboxylic acids is 1. The van der Waals surface area contributed by atoms with E-state index >= 15 is 0 Å². The Balaban J connectivity index is 2.01. The van der Waals surface area contributed by atoms with Gasteiger partial charge in [-0.3, -0.25) is 4.79 Å². The molecule has 24 heavy (non-hydrogen) atoms. The summed E-state index contributed by atoms with van der Waals surface area (Å²) in [6, 6.07) is 6.47. The van der Waals surface area contributed by atoms with E-state index in [1.54, 1.807) is 11.4 Å². The lowest BCUT2D eigenvalue weighted by atomic mass is 10.0. The van der Waals surface area contributed by atoms with Gasteiger partial charge in [0.25, 0.3) is 0 Å². The Bertz CT molecular complexity index is 730. The van der Waals surface area contributed by atoms with E-state index in [9.17, 15) is 14.7 Å². The maximum absolute atomic E-state index is 12.1. The fourth-order valence-electron chi connectivity index (χ4n) is 2.25. The molecule has 1 atom stereocenters. The number of amides is 1. The molecule has 0 radical (unpaired) electrons. The van der Waals surface area contributed by atoms with E-state index < -0.39 is 12.0 Å². The van der Waals surface area contributed by atoms with E-state index in [0.29, 0.717) is 17.1 Å². The predicted molar refractivity (Wildman–Crippen MR) is 95.3 cm³/mol. The van der Waals surface area contributed by atoms with Crippen molar-refractivity contribution in [2.24, 2.45) is 5.92 Å². The highest BCUT2D eigenvalue weighted by molar-refractivity contribution is 7.13. The fourth-order valence-corrected chi connectivity index (χ4v) is 3.25. The van der Waals surface area contributed by atoms with Crippen LogP contribution in [0.15, 0.2) is 29.6 Å². The molecule has 0 aliphatic rings. The average Bonchev–Trinajstić information content (AvgIpc) is 2.94. The van der Waals surface area contributed by atoms with Crippen LogP contribution in [0.25, 0.3) is 10.6 Å². The molecule has 0 aliphatic heterocycles.